The summed E-state index contributed by atoms with van der Waals surface area (Å²) in [6, 6.07) is 3.56. The quantitative estimate of drug-likeness (QED) is 0.559. The largest absolute Gasteiger partial charge is 0.493 e. The van der Waals surface area contributed by atoms with Crippen molar-refractivity contribution in [1.29, 1.82) is 0 Å². The second-order valence-corrected chi connectivity index (χ2v) is 8.57. The lowest BCUT2D eigenvalue weighted by atomic mass is 10.1. The van der Waals surface area contributed by atoms with Crippen LogP contribution in [0.15, 0.2) is 12.1 Å². The Morgan fingerprint density at radius 1 is 1.24 bits per heavy atom. The minimum absolute atomic E-state index is 0.0942. The van der Waals surface area contributed by atoms with E-state index in [1.54, 1.807) is 13.2 Å². The molecular formula is C21H34ClN3O4. The molecule has 1 heterocycles. The van der Waals surface area contributed by atoms with E-state index >= 15 is 0 Å². The third-order valence-electron chi connectivity index (χ3n) is 4.45. The van der Waals surface area contributed by atoms with Gasteiger partial charge in [0.1, 0.15) is 0 Å². The lowest BCUT2D eigenvalue weighted by molar-refractivity contribution is -0.124. The van der Waals surface area contributed by atoms with E-state index in [2.05, 4.69) is 15.5 Å². The number of ether oxygens (including phenoxy) is 3. The molecule has 8 heteroatoms. The Morgan fingerprint density at radius 2 is 1.97 bits per heavy atom. The molecular weight excluding hydrogens is 394 g/mol. The summed E-state index contributed by atoms with van der Waals surface area (Å²) in [4.78, 5) is 14.4. The van der Waals surface area contributed by atoms with Crippen molar-refractivity contribution < 1.29 is 19.0 Å². The third kappa shape index (κ3) is 8.78. The van der Waals surface area contributed by atoms with Crippen LogP contribution < -0.4 is 20.1 Å². The van der Waals surface area contributed by atoms with Crippen LogP contribution in [0.3, 0.4) is 0 Å². The van der Waals surface area contributed by atoms with Crippen LogP contribution in [0.4, 0.5) is 0 Å². The number of morpholine rings is 1. The fourth-order valence-corrected chi connectivity index (χ4v) is 3.28. The molecule has 0 saturated carbocycles. The van der Waals surface area contributed by atoms with E-state index in [1.807, 2.05) is 26.8 Å². The Balaban J connectivity index is 1.81. The second kappa shape index (κ2) is 11.6. The van der Waals surface area contributed by atoms with Gasteiger partial charge in [-0.3, -0.25) is 9.69 Å². The fraction of sp³-hybridized carbons (Fsp3) is 0.667. The van der Waals surface area contributed by atoms with E-state index in [4.69, 9.17) is 25.8 Å². The molecule has 1 aromatic carbocycles. The zero-order chi connectivity index (χ0) is 21.3. The van der Waals surface area contributed by atoms with Crippen molar-refractivity contribution in [3.63, 3.8) is 0 Å². The van der Waals surface area contributed by atoms with Crippen molar-refractivity contribution in [2.75, 3.05) is 53.1 Å². The zero-order valence-electron chi connectivity index (χ0n) is 18.0. The van der Waals surface area contributed by atoms with E-state index < -0.39 is 0 Å². The molecule has 1 saturated heterocycles. The number of carbonyl (C=O) groups excluding carboxylic acids is 1. The monoisotopic (exact) mass is 427 g/mol. The van der Waals surface area contributed by atoms with E-state index in [0.717, 1.165) is 51.4 Å². The van der Waals surface area contributed by atoms with Crippen molar-refractivity contribution in [3.05, 3.63) is 22.7 Å². The number of halogens is 1. The molecule has 1 aromatic rings. The number of nitrogens with zero attached hydrogens (tertiary/aromatic N) is 1. The first-order valence-corrected chi connectivity index (χ1v) is 10.5. The first kappa shape index (κ1) is 23.7. The summed E-state index contributed by atoms with van der Waals surface area (Å²) in [6.45, 7) is 12.0. The minimum Gasteiger partial charge on any atom is -0.493 e. The van der Waals surface area contributed by atoms with Crippen molar-refractivity contribution >= 4 is 17.5 Å². The van der Waals surface area contributed by atoms with Crippen molar-refractivity contribution in [1.82, 2.24) is 15.5 Å². The minimum atomic E-state index is -0.306. The maximum absolute atomic E-state index is 12.0. The van der Waals surface area contributed by atoms with Crippen molar-refractivity contribution in [2.24, 2.45) is 0 Å². The fourth-order valence-electron chi connectivity index (χ4n) is 3.06. The number of benzene rings is 1. The molecule has 0 unspecified atom stereocenters. The molecule has 1 aliphatic rings. The number of nitrogens with one attached hydrogen (secondary N) is 2. The molecule has 2 N–H and O–H groups in total. The molecule has 1 amide bonds. The SMILES string of the molecule is COc1cc(CNCCCN2CCOCC2)c(Cl)cc1OCC(=O)NC(C)(C)C. The van der Waals surface area contributed by atoms with Gasteiger partial charge in [-0.25, -0.2) is 0 Å². The second-order valence-electron chi connectivity index (χ2n) is 8.17. The Labute approximate surface area is 179 Å². The van der Waals surface area contributed by atoms with Crippen LogP contribution in [0.25, 0.3) is 0 Å². The number of hydrogen-bond donors (Lipinski definition) is 2. The van der Waals surface area contributed by atoms with Crippen LogP contribution in [-0.2, 0) is 16.1 Å². The molecule has 0 aliphatic carbocycles. The number of hydrogen-bond acceptors (Lipinski definition) is 6. The molecule has 2 rings (SSSR count). The Bertz CT molecular complexity index is 658. The van der Waals surface area contributed by atoms with E-state index in [0.29, 0.717) is 23.1 Å². The molecule has 0 bridgehead atoms. The smallest absolute Gasteiger partial charge is 0.258 e. The molecule has 7 nitrogen and oxygen atoms in total. The van der Waals surface area contributed by atoms with Crippen LogP contribution in [0, 0.1) is 0 Å². The Hall–Kier alpha value is -1.54. The third-order valence-corrected chi connectivity index (χ3v) is 4.80. The highest BCUT2D eigenvalue weighted by atomic mass is 35.5. The van der Waals surface area contributed by atoms with Crippen LogP contribution >= 0.6 is 11.6 Å². The van der Waals surface area contributed by atoms with Gasteiger partial charge in [-0.2, -0.15) is 0 Å². The molecule has 1 fully saturated rings. The van der Waals surface area contributed by atoms with Gasteiger partial charge in [0.2, 0.25) is 0 Å². The van der Waals surface area contributed by atoms with Crippen LogP contribution in [0.1, 0.15) is 32.8 Å². The first-order chi connectivity index (χ1) is 13.8. The highest BCUT2D eigenvalue weighted by Crippen LogP contribution is 2.33. The lowest BCUT2D eigenvalue weighted by Gasteiger charge is -2.26. The average molecular weight is 428 g/mol. The summed E-state index contributed by atoms with van der Waals surface area (Å²) >= 11 is 6.42. The van der Waals surface area contributed by atoms with E-state index in [1.165, 1.54) is 0 Å². The van der Waals surface area contributed by atoms with Crippen LogP contribution in [0.5, 0.6) is 11.5 Å². The van der Waals surface area contributed by atoms with Gasteiger partial charge in [-0.05, 0) is 51.9 Å². The van der Waals surface area contributed by atoms with E-state index in [9.17, 15) is 4.79 Å². The molecule has 0 spiro atoms. The summed E-state index contributed by atoms with van der Waals surface area (Å²) < 4.78 is 16.4. The van der Waals surface area contributed by atoms with Gasteiger partial charge < -0.3 is 24.8 Å². The Morgan fingerprint density at radius 3 is 2.62 bits per heavy atom. The van der Waals surface area contributed by atoms with Crippen LogP contribution in [-0.4, -0.2) is 69.5 Å². The lowest BCUT2D eigenvalue weighted by Crippen LogP contribution is -2.43. The molecule has 0 radical (unpaired) electrons. The predicted molar refractivity (Wildman–Crippen MR) is 115 cm³/mol. The van der Waals surface area contributed by atoms with Gasteiger partial charge in [0, 0.05) is 36.3 Å². The van der Waals surface area contributed by atoms with E-state index in [-0.39, 0.29) is 18.1 Å². The van der Waals surface area contributed by atoms with Gasteiger partial charge >= 0.3 is 0 Å². The highest BCUT2D eigenvalue weighted by molar-refractivity contribution is 6.31. The molecule has 0 atom stereocenters. The summed E-state index contributed by atoms with van der Waals surface area (Å²) in [7, 11) is 1.57. The van der Waals surface area contributed by atoms with Crippen molar-refractivity contribution in [3.8, 4) is 11.5 Å². The highest BCUT2D eigenvalue weighted by Gasteiger charge is 2.16. The molecule has 164 valence electrons. The van der Waals surface area contributed by atoms with Crippen molar-refractivity contribution in [2.45, 2.75) is 39.3 Å². The maximum atomic E-state index is 12.0. The number of methoxy groups -OCH3 is 1. The summed E-state index contributed by atoms with van der Waals surface area (Å²) in [5, 5.41) is 6.87. The summed E-state index contributed by atoms with van der Waals surface area (Å²) in [5.41, 5.74) is 0.626. The van der Waals surface area contributed by atoms with Gasteiger partial charge in [-0.15, -0.1) is 0 Å². The normalized spacial score (nSPS) is 15.2. The first-order valence-electron chi connectivity index (χ1n) is 10.1. The van der Waals surface area contributed by atoms with Gasteiger partial charge in [0.15, 0.2) is 18.1 Å². The number of carbonyl (C=O) groups is 1. The summed E-state index contributed by atoms with van der Waals surface area (Å²) in [6.07, 6.45) is 1.07. The molecule has 29 heavy (non-hydrogen) atoms. The standard InChI is InChI=1S/C21H34ClN3O4/c1-21(2,3)24-20(26)15-29-19-13-17(22)16(12-18(19)27-4)14-23-6-5-7-25-8-10-28-11-9-25/h12-13,23H,5-11,14-15H2,1-4H3,(H,24,26). The average Bonchev–Trinajstić information content (AvgIpc) is 2.66. The summed E-state index contributed by atoms with van der Waals surface area (Å²) in [5.74, 6) is 0.822. The molecule has 0 aromatic heterocycles. The predicted octanol–water partition coefficient (Wildman–Crippen LogP) is 2.45. The number of rotatable bonds is 10. The Kier molecular flexibility index (Phi) is 9.49. The zero-order valence-corrected chi connectivity index (χ0v) is 18.7. The topological polar surface area (TPSA) is 72.1 Å². The maximum Gasteiger partial charge on any atom is 0.258 e. The van der Waals surface area contributed by atoms with Gasteiger partial charge in [0.25, 0.3) is 5.91 Å². The van der Waals surface area contributed by atoms with Crippen LogP contribution in [0.2, 0.25) is 5.02 Å². The van der Waals surface area contributed by atoms with Gasteiger partial charge in [0.05, 0.1) is 20.3 Å². The number of amides is 1. The molecule has 1 aliphatic heterocycles. The van der Waals surface area contributed by atoms with Gasteiger partial charge in [-0.1, -0.05) is 11.6 Å².